The zero-order valence-corrected chi connectivity index (χ0v) is 30.3. The van der Waals surface area contributed by atoms with E-state index in [0.717, 1.165) is 60.9 Å². The van der Waals surface area contributed by atoms with Crippen LogP contribution in [-0.4, -0.2) is 98.1 Å². The molecule has 0 N–H and O–H groups in total. The third-order valence-electron chi connectivity index (χ3n) is 9.53. The number of rotatable bonds is 13. The zero-order chi connectivity index (χ0) is 35.7. The lowest BCUT2D eigenvalue weighted by Crippen LogP contribution is -2.58. The van der Waals surface area contributed by atoms with E-state index < -0.39 is 25.6 Å². The number of hydrogen-bond donors (Lipinski definition) is 0. The van der Waals surface area contributed by atoms with Crippen molar-refractivity contribution in [3.63, 3.8) is 0 Å². The number of nitriles is 1. The van der Waals surface area contributed by atoms with Crippen LogP contribution in [0.3, 0.4) is 0 Å². The highest BCUT2D eigenvalue weighted by atomic mass is 28.3. The highest BCUT2D eigenvalue weighted by molar-refractivity contribution is 6.76. The minimum atomic E-state index is -4.66. The van der Waals surface area contributed by atoms with E-state index in [-0.39, 0.29) is 30.3 Å². The molecule has 268 valence electrons. The molecule has 1 aliphatic carbocycles. The molecule has 0 atom stereocenters. The summed E-state index contributed by atoms with van der Waals surface area (Å²) in [6.07, 6.45) is 5.62. The van der Waals surface area contributed by atoms with Gasteiger partial charge in [0, 0.05) is 69.8 Å². The summed E-state index contributed by atoms with van der Waals surface area (Å²) in [6.45, 7) is 9.87. The summed E-state index contributed by atoms with van der Waals surface area (Å²) in [7, 11) is 2.36. The molecule has 5 heterocycles. The molecule has 0 unspecified atom stereocenters. The average molecular weight is 711 g/mol. The van der Waals surface area contributed by atoms with Crippen LogP contribution in [0.15, 0.2) is 37.1 Å². The maximum absolute atomic E-state index is 13.5. The molecule has 0 aromatic carbocycles. The quantitative estimate of drug-likeness (QED) is 0.124. The van der Waals surface area contributed by atoms with Crippen LogP contribution in [0.5, 0.6) is 5.88 Å². The van der Waals surface area contributed by atoms with Crippen LogP contribution in [0.4, 0.5) is 13.2 Å². The number of halogens is 3. The molecule has 1 aliphatic heterocycles. The molecule has 1 saturated carbocycles. The second-order valence-corrected chi connectivity index (χ2v) is 20.6. The van der Waals surface area contributed by atoms with Crippen LogP contribution in [0.2, 0.25) is 25.7 Å². The summed E-state index contributed by atoms with van der Waals surface area (Å²) in [5.74, 6) is -1.23. The summed E-state index contributed by atoms with van der Waals surface area (Å²) in [5, 5.41) is 15.4. The first-order valence-electron chi connectivity index (χ1n) is 17.0. The largest absolute Gasteiger partial charge is 0.474 e. The van der Waals surface area contributed by atoms with Gasteiger partial charge in [0.1, 0.15) is 24.8 Å². The Bertz CT molecular complexity index is 1820. The Morgan fingerprint density at radius 2 is 1.88 bits per heavy atom. The van der Waals surface area contributed by atoms with E-state index in [1.807, 2.05) is 27.7 Å². The molecule has 2 fully saturated rings. The van der Waals surface area contributed by atoms with Crippen molar-refractivity contribution < 1.29 is 22.6 Å². The van der Waals surface area contributed by atoms with Crippen molar-refractivity contribution in [3.8, 4) is 23.2 Å². The Morgan fingerprint density at radius 1 is 1.12 bits per heavy atom. The smallest absolute Gasteiger partial charge is 0.451 e. The molecule has 6 rings (SSSR count). The van der Waals surface area contributed by atoms with Crippen LogP contribution >= 0.6 is 0 Å². The fourth-order valence-electron chi connectivity index (χ4n) is 6.81. The van der Waals surface area contributed by atoms with E-state index in [1.54, 1.807) is 31.5 Å². The van der Waals surface area contributed by atoms with E-state index in [1.165, 1.54) is 6.07 Å². The molecule has 0 radical (unpaired) electrons. The number of alkyl halides is 3. The highest BCUT2D eigenvalue weighted by Crippen LogP contribution is 2.46. The van der Waals surface area contributed by atoms with E-state index >= 15 is 0 Å². The Balaban J connectivity index is 1.08. The van der Waals surface area contributed by atoms with Gasteiger partial charge in [-0.15, -0.1) is 0 Å². The van der Waals surface area contributed by atoms with Crippen molar-refractivity contribution in [1.29, 1.82) is 5.26 Å². The molecule has 0 bridgehead atoms. The number of likely N-dealkylation sites (tertiary alicyclic amines) is 1. The van der Waals surface area contributed by atoms with Crippen LogP contribution in [0.1, 0.15) is 43.6 Å². The number of nitrogens with zero attached hydrogens (tertiary/aromatic N) is 10. The van der Waals surface area contributed by atoms with Gasteiger partial charge in [-0.05, 0) is 51.9 Å². The van der Waals surface area contributed by atoms with Gasteiger partial charge in [-0.1, -0.05) is 19.6 Å². The first kappa shape index (κ1) is 35.9. The molecule has 12 nitrogen and oxygen atoms in total. The molecular formula is C34H45F3N10O2Si. The van der Waals surface area contributed by atoms with Crippen molar-refractivity contribution in [3.05, 3.63) is 48.6 Å². The topological polar surface area (TPSA) is 123 Å². The maximum atomic E-state index is 13.5. The summed E-state index contributed by atoms with van der Waals surface area (Å²) in [5.41, 5.74) is 2.28. The van der Waals surface area contributed by atoms with E-state index in [9.17, 15) is 18.4 Å². The molecule has 16 heteroatoms. The fourth-order valence-corrected chi connectivity index (χ4v) is 7.57. The molecule has 4 aromatic rings. The van der Waals surface area contributed by atoms with Gasteiger partial charge in [-0.2, -0.15) is 28.5 Å². The van der Waals surface area contributed by atoms with Gasteiger partial charge >= 0.3 is 6.18 Å². The van der Waals surface area contributed by atoms with Gasteiger partial charge in [-0.25, -0.2) is 15.0 Å². The zero-order valence-electron chi connectivity index (χ0n) is 29.3. The number of hydrogen-bond acceptors (Lipinski definition) is 10. The second kappa shape index (κ2) is 14.4. The Kier molecular flexibility index (Phi) is 10.3. The van der Waals surface area contributed by atoms with Gasteiger partial charge in [0.2, 0.25) is 11.7 Å². The van der Waals surface area contributed by atoms with Gasteiger partial charge in [-0.3, -0.25) is 9.58 Å². The summed E-state index contributed by atoms with van der Waals surface area (Å²) in [6, 6.07) is 7.24. The lowest BCUT2D eigenvalue weighted by molar-refractivity contribution is -0.145. The Morgan fingerprint density at radius 3 is 2.56 bits per heavy atom. The number of aromatic nitrogens is 7. The lowest BCUT2D eigenvalue weighted by atomic mass is 9.69. The van der Waals surface area contributed by atoms with Gasteiger partial charge < -0.3 is 18.9 Å². The molecule has 0 amide bonds. The van der Waals surface area contributed by atoms with E-state index in [2.05, 4.69) is 50.5 Å². The minimum absolute atomic E-state index is 0.0443. The molecule has 4 aromatic heterocycles. The van der Waals surface area contributed by atoms with Crippen molar-refractivity contribution in [2.45, 2.75) is 94.9 Å². The number of piperidine rings is 1. The molecule has 50 heavy (non-hydrogen) atoms. The molecule has 1 saturated heterocycles. The highest BCUT2D eigenvalue weighted by Gasteiger charge is 2.49. The van der Waals surface area contributed by atoms with Crippen LogP contribution in [-0.2, 0) is 29.7 Å². The van der Waals surface area contributed by atoms with Gasteiger partial charge in [0.25, 0.3) is 0 Å². The fraction of sp³-hybridized carbons (Fsp3) is 0.588. The third kappa shape index (κ3) is 8.17. The minimum Gasteiger partial charge on any atom is -0.474 e. The average Bonchev–Trinajstić information content (AvgIpc) is 3.68. The van der Waals surface area contributed by atoms with Gasteiger partial charge in [0.05, 0.1) is 35.6 Å². The van der Waals surface area contributed by atoms with Crippen molar-refractivity contribution in [1.82, 2.24) is 44.1 Å². The standard InChI is InChI=1S/C34H45F3N10O2Si/c1-44(2)21-25-16-29(43-32(42-25)34(35,36)37)49-27-6-11-45(12-7-27)26-17-33(18-26,9-10-38)47-20-24(19-41-47)30-28-8-13-46(31(28)40-22-39-30)23-48-14-15-50(3,4)5/h8,13,16,19-20,22,26-27H,6-7,9,11-12,14-15,17-18,21,23H2,1-5H3/t26-,33+. The first-order chi connectivity index (χ1) is 23.7. The van der Waals surface area contributed by atoms with Crippen LogP contribution < -0.4 is 4.74 Å². The predicted octanol–water partition coefficient (Wildman–Crippen LogP) is 5.79. The Labute approximate surface area is 291 Å². The number of fused-ring (bicyclic) bond motifs is 1. The van der Waals surface area contributed by atoms with Crippen molar-refractivity contribution in [2.75, 3.05) is 33.8 Å². The summed E-state index contributed by atoms with van der Waals surface area (Å²) < 4.78 is 56.3. The van der Waals surface area contributed by atoms with Crippen molar-refractivity contribution in [2.24, 2.45) is 0 Å². The molecular weight excluding hydrogens is 666 g/mol. The lowest BCUT2D eigenvalue weighted by Gasteiger charge is -2.52. The Hall–Kier alpha value is -3.91. The summed E-state index contributed by atoms with van der Waals surface area (Å²) in [4.78, 5) is 20.6. The van der Waals surface area contributed by atoms with Crippen molar-refractivity contribution >= 4 is 19.1 Å². The van der Waals surface area contributed by atoms with Crippen LogP contribution in [0.25, 0.3) is 22.3 Å². The first-order valence-corrected chi connectivity index (χ1v) is 20.7. The molecule has 0 spiro atoms. The SMILES string of the molecule is CN(C)Cc1cc(OC2CCN([C@H]3C[C@@](CC#N)(n4cc(-c5ncnc6c5ccn6COCC[Si](C)(C)C)cn4)C3)CC2)nc(C(F)(F)F)n1. The summed E-state index contributed by atoms with van der Waals surface area (Å²) >= 11 is 0. The monoisotopic (exact) mass is 710 g/mol. The van der Waals surface area contributed by atoms with E-state index in [4.69, 9.17) is 14.6 Å². The van der Waals surface area contributed by atoms with E-state index in [0.29, 0.717) is 26.0 Å². The van der Waals surface area contributed by atoms with Gasteiger partial charge in [0.15, 0.2) is 0 Å². The maximum Gasteiger partial charge on any atom is 0.451 e. The normalized spacial score (nSPS) is 20.7. The third-order valence-corrected chi connectivity index (χ3v) is 11.2. The van der Waals surface area contributed by atoms with Crippen LogP contribution in [0, 0.1) is 11.3 Å². The number of ether oxygens (including phenoxy) is 2. The molecule has 2 aliphatic rings. The second-order valence-electron chi connectivity index (χ2n) is 15.0. The predicted molar refractivity (Wildman–Crippen MR) is 184 cm³/mol.